The maximum atomic E-state index is 13.6. The molecule has 0 aromatic carbocycles. The highest BCUT2D eigenvalue weighted by Crippen LogP contribution is 2.60. The van der Waals surface area contributed by atoms with E-state index in [1.807, 2.05) is 0 Å². The molecule has 2 aliphatic rings. The van der Waals surface area contributed by atoms with Gasteiger partial charge in [0.15, 0.2) is 40.5 Å². The Kier molecular flexibility index (Phi) is 9.57. The Hall–Kier alpha value is -2.75. The summed E-state index contributed by atoms with van der Waals surface area (Å²) in [5, 5.41) is 89.0. The first-order valence-electron chi connectivity index (χ1n) is 12.9. The van der Waals surface area contributed by atoms with E-state index in [1.54, 1.807) is 0 Å². The maximum Gasteiger partial charge on any atom is 0.273 e. The normalized spacial score (nSPS) is 40.8. The monoisotopic (exact) mass is 636 g/mol. The molecule has 9 atom stereocenters. The molecule has 0 spiro atoms. The first-order valence-corrected chi connectivity index (χ1v) is 12.9. The van der Waals surface area contributed by atoms with E-state index in [4.69, 9.17) is 14.2 Å². The lowest BCUT2D eigenvalue weighted by Gasteiger charge is -2.67. The van der Waals surface area contributed by atoms with Crippen molar-refractivity contribution in [1.82, 2.24) is 0 Å². The van der Waals surface area contributed by atoms with Gasteiger partial charge in [-0.2, -0.15) is 0 Å². The predicted molar refractivity (Wildman–Crippen MR) is 136 cm³/mol. The minimum atomic E-state index is -4.57. The summed E-state index contributed by atoms with van der Waals surface area (Å²) in [6, 6.07) is 0. The van der Waals surface area contributed by atoms with Gasteiger partial charge in [0.1, 0.15) is 24.9 Å². The van der Waals surface area contributed by atoms with Crippen LogP contribution in [-0.2, 0) is 47.8 Å². The average molecular weight is 637 g/mol. The molecule has 0 aromatic heterocycles. The fourth-order valence-corrected chi connectivity index (χ4v) is 6.27. The van der Waals surface area contributed by atoms with Crippen molar-refractivity contribution in [1.29, 1.82) is 0 Å². The molecule has 18 heteroatoms. The zero-order chi connectivity index (χ0) is 34.8. The molecule has 0 bridgehead atoms. The predicted octanol–water partition coefficient (Wildman–Crippen LogP) is -5.68. The van der Waals surface area contributed by atoms with Crippen LogP contribution < -0.4 is 0 Å². The fraction of sp³-hybridized carbons (Fsp3) is 0.731. The van der Waals surface area contributed by atoms with Crippen LogP contribution in [0.3, 0.4) is 0 Å². The van der Waals surface area contributed by atoms with Crippen molar-refractivity contribution in [2.45, 2.75) is 106 Å². The van der Waals surface area contributed by atoms with Gasteiger partial charge in [-0.1, -0.05) is 0 Å². The van der Waals surface area contributed by atoms with Crippen LogP contribution in [0.2, 0.25) is 0 Å². The molecular weight excluding hydrogens is 600 g/mol. The van der Waals surface area contributed by atoms with Gasteiger partial charge in [0.05, 0.1) is 6.61 Å². The Labute approximate surface area is 249 Å². The molecule has 8 N–H and O–H groups in total. The number of aliphatic hydroxyl groups excluding tert-OH is 4. The van der Waals surface area contributed by atoms with E-state index in [0.717, 1.165) is 0 Å². The van der Waals surface area contributed by atoms with Crippen LogP contribution in [0.1, 0.15) is 48.5 Å². The standard InChI is InChI=1S/C26H36O18/c1-10(29)21(38,11(2)30)25(15(6)34)23(40,13(4)32)22(39,12(3)31)24(41,14(5)33)26(44-25,16(7)35)43-20(9-28)19(37)18(36)17(8-27)42-20/h17-19,27-28,36-41H,8-9H2,1-7H3/t17-,18-,19+,20?,22+,23+,24-,25-,26-/m1/s1. The molecule has 0 aromatic rings. The van der Waals surface area contributed by atoms with Gasteiger partial charge in [0.25, 0.3) is 5.79 Å². The number of ether oxygens (including phenoxy) is 3. The number of rotatable bonds is 12. The van der Waals surface area contributed by atoms with E-state index in [-0.39, 0.29) is 0 Å². The first kappa shape index (κ1) is 37.4. The number of carbonyl (C=O) groups excluding carboxylic acids is 7. The molecule has 1 unspecified atom stereocenters. The molecule has 2 aliphatic heterocycles. The SMILES string of the molecule is CC(=O)C(O)(C(C)=O)[C@@]1(C(C)=O)O[C@](OC2(CO)O[C@H](CO)[C@@H](O)[C@@H]2O)(C(C)=O)[C@@](O)(C(C)=O)[C@](O)(C(C)=O)[C@@]1(O)C(C)=O. The number of ketones is 7. The molecule has 0 amide bonds. The highest BCUT2D eigenvalue weighted by Gasteiger charge is 2.94. The van der Waals surface area contributed by atoms with Gasteiger partial charge < -0.3 is 55.1 Å². The van der Waals surface area contributed by atoms with Gasteiger partial charge in [-0.25, -0.2) is 0 Å². The molecule has 44 heavy (non-hydrogen) atoms. The number of carbonyl (C=O) groups is 7. The Morgan fingerprint density at radius 1 is 0.705 bits per heavy atom. The molecule has 248 valence electrons. The summed E-state index contributed by atoms with van der Waals surface area (Å²) in [4.78, 5) is 93.4. The molecule has 2 heterocycles. The van der Waals surface area contributed by atoms with E-state index in [1.165, 1.54) is 0 Å². The van der Waals surface area contributed by atoms with E-state index < -0.39 is 112 Å². The molecule has 2 saturated heterocycles. The highest BCUT2D eigenvalue weighted by molar-refractivity contribution is 6.20. The topological polar surface area (TPSA) is 309 Å². The van der Waals surface area contributed by atoms with Crippen molar-refractivity contribution >= 4 is 40.5 Å². The van der Waals surface area contributed by atoms with Gasteiger partial charge in [0, 0.05) is 6.92 Å². The van der Waals surface area contributed by atoms with Crippen molar-refractivity contribution in [2.24, 2.45) is 0 Å². The zero-order valence-electron chi connectivity index (χ0n) is 24.8. The Balaban J connectivity index is 3.46. The van der Waals surface area contributed by atoms with Gasteiger partial charge in [-0.3, -0.25) is 33.6 Å². The molecule has 2 fully saturated rings. The third-order valence-corrected chi connectivity index (χ3v) is 8.57. The first-order chi connectivity index (χ1) is 19.8. The van der Waals surface area contributed by atoms with Gasteiger partial charge >= 0.3 is 0 Å². The Bertz CT molecular complexity index is 1300. The maximum absolute atomic E-state index is 13.6. The number of Topliss-reactive ketones (excluding diaryl/α,β-unsaturated/α-hetero) is 7. The van der Waals surface area contributed by atoms with E-state index >= 15 is 0 Å². The van der Waals surface area contributed by atoms with Crippen LogP contribution in [0.15, 0.2) is 0 Å². The molecular formula is C26H36O18. The van der Waals surface area contributed by atoms with Crippen LogP contribution in [0, 0.1) is 0 Å². The van der Waals surface area contributed by atoms with E-state index in [9.17, 15) is 74.4 Å². The third kappa shape index (κ3) is 3.97. The average Bonchev–Trinajstić information content (AvgIpc) is 3.16. The summed E-state index contributed by atoms with van der Waals surface area (Å²) >= 11 is 0. The summed E-state index contributed by atoms with van der Waals surface area (Å²) < 4.78 is 16.2. The Morgan fingerprint density at radius 2 is 1.14 bits per heavy atom. The van der Waals surface area contributed by atoms with Crippen molar-refractivity contribution in [3.8, 4) is 0 Å². The van der Waals surface area contributed by atoms with E-state index in [0.29, 0.717) is 48.5 Å². The van der Waals surface area contributed by atoms with Crippen LogP contribution >= 0.6 is 0 Å². The lowest BCUT2D eigenvalue weighted by molar-refractivity contribution is -0.465. The number of aliphatic hydroxyl groups is 8. The zero-order valence-corrected chi connectivity index (χ0v) is 24.8. The lowest BCUT2D eigenvalue weighted by atomic mass is 9.49. The molecule has 0 radical (unpaired) electrons. The highest BCUT2D eigenvalue weighted by atomic mass is 16.8. The lowest BCUT2D eigenvalue weighted by Crippen LogP contribution is -2.98. The van der Waals surface area contributed by atoms with Crippen LogP contribution in [0.5, 0.6) is 0 Å². The van der Waals surface area contributed by atoms with Crippen molar-refractivity contribution in [2.75, 3.05) is 13.2 Å². The number of hydrogen-bond acceptors (Lipinski definition) is 18. The van der Waals surface area contributed by atoms with Crippen LogP contribution in [-0.4, -0.2) is 152 Å². The molecule has 2 rings (SSSR count). The van der Waals surface area contributed by atoms with Crippen LogP contribution in [0.25, 0.3) is 0 Å². The molecule has 0 saturated carbocycles. The van der Waals surface area contributed by atoms with Crippen molar-refractivity contribution < 1.29 is 88.6 Å². The minimum Gasteiger partial charge on any atom is -0.394 e. The van der Waals surface area contributed by atoms with Gasteiger partial charge in [0.2, 0.25) is 33.8 Å². The van der Waals surface area contributed by atoms with E-state index in [2.05, 4.69) is 0 Å². The summed E-state index contributed by atoms with van der Waals surface area (Å²) in [6.45, 7) is -0.102. The number of hydrogen-bond donors (Lipinski definition) is 8. The minimum absolute atomic E-state index is 0.331. The summed E-state index contributed by atoms with van der Waals surface area (Å²) in [5.74, 6) is -21.0. The second-order valence-electron chi connectivity index (χ2n) is 11.0. The second kappa shape index (κ2) is 11.2. The van der Waals surface area contributed by atoms with Crippen LogP contribution in [0.4, 0.5) is 0 Å². The summed E-state index contributed by atoms with van der Waals surface area (Å²) in [6.07, 6.45) is -6.57. The summed E-state index contributed by atoms with van der Waals surface area (Å²) in [5.41, 5.74) is -22.0. The third-order valence-electron chi connectivity index (χ3n) is 8.57. The second-order valence-corrected chi connectivity index (χ2v) is 11.0. The smallest absolute Gasteiger partial charge is 0.273 e. The quantitative estimate of drug-likeness (QED) is 0.0925. The van der Waals surface area contributed by atoms with Gasteiger partial charge in [-0.15, -0.1) is 0 Å². The fourth-order valence-electron chi connectivity index (χ4n) is 6.27. The van der Waals surface area contributed by atoms with Crippen molar-refractivity contribution in [3.05, 3.63) is 0 Å². The largest absolute Gasteiger partial charge is 0.394 e. The van der Waals surface area contributed by atoms with Crippen molar-refractivity contribution in [3.63, 3.8) is 0 Å². The summed E-state index contributed by atoms with van der Waals surface area (Å²) in [7, 11) is 0. The molecule has 0 aliphatic carbocycles. The molecule has 18 nitrogen and oxygen atoms in total. The Morgan fingerprint density at radius 3 is 1.41 bits per heavy atom. The van der Waals surface area contributed by atoms with Gasteiger partial charge in [-0.05, 0) is 41.5 Å².